The fourth-order valence-corrected chi connectivity index (χ4v) is 1.86. The van der Waals surface area contributed by atoms with Crippen LogP contribution in [0.5, 0.6) is 0 Å². The van der Waals surface area contributed by atoms with E-state index >= 15 is 0 Å². The zero-order valence-electron chi connectivity index (χ0n) is 12.2. The summed E-state index contributed by atoms with van der Waals surface area (Å²) >= 11 is 4.11. The molecule has 0 spiro atoms. The van der Waals surface area contributed by atoms with Crippen molar-refractivity contribution in [2.45, 2.75) is 11.5 Å². The Kier molecular flexibility index (Phi) is 6.21. The summed E-state index contributed by atoms with van der Waals surface area (Å²) in [6, 6.07) is 10.9. The standard InChI is InChI=1S/C17H14N2O3S/c20-16(22-12-13-5-2-1-3-6-13)7-4-8-19-17(21)14-9-15(23)11-18-10-14/h1-3,5-6,9-11,23H,8,12H2,(H,19,21). The van der Waals surface area contributed by atoms with Crippen LogP contribution in [-0.4, -0.2) is 23.4 Å². The molecule has 5 nitrogen and oxygen atoms in total. The van der Waals surface area contributed by atoms with Crippen molar-refractivity contribution in [3.05, 3.63) is 59.9 Å². The molecule has 0 bridgehead atoms. The van der Waals surface area contributed by atoms with Crippen molar-refractivity contribution in [2.75, 3.05) is 6.54 Å². The summed E-state index contributed by atoms with van der Waals surface area (Å²) in [7, 11) is 0. The Hall–Kier alpha value is -2.78. The molecule has 0 aliphatic carbocycles. The molecule has 1 aromatic heterocycles. The van der Waals surface area contributed by atoms with Gasteiger partial charge in [-0.25, -0.2) is 4.79 Å². The molecule has 1 aromatic carbocycles. The number of thiol groups is 1. The second-order valence-electron chi connectivity index (χ2n) is 4.48. The summed E-state index contributed by atoms with van der Waals surface area (Å²) in [6.07, 6.45) is 2.96. The topological polar surface area (TPSA) is 68.3 Å². The summed E-state index contributed by atoms with van der Waals surface area (Å²) in [5.74, 6) is 3.89. The number of ether oxygens (including phenoxy) is 1. The van der Waals surface area contributed by atoms with Crippen LogP contribution in [0.2, 0.25) is 0 Å². The van der Waals surface area contributed by atoms with Gasteiger partial charge in [-0.1, -0.05) is 36.3 Å². The molecular formula is C17H14N2O3S. The van der Waals surface area contributed by atoms with E-state index in [0.717, 1.165) is 5.56 Å². The number of rotatable bonds is 4. The van der Waals surface area contributed by atoms with Gasteiger partial charge < -0.3 is 10.1 Å². The number of carbonyl (C=O) groups is 2. The smallest absolute Gasteiger partial charge is 0.384 e. The number of esters is 1. The van der Waals surface area contributed by atoms with Gasteiger partial charge in [0.2, 0.25) is 0 Å². The number of benzene rings is 1. The van der Waals surface area contributed by atoms with Crippen LogP contribution in [0.4, 0.5) is 0 Å². The van der Waals surface area contributed by atoms with Crippen molar-refractivity contribution in [2.24, 2.45) is 0 Å². The van der Waals surface area contributed by atoms with E-state index < -0.39 is 5.97 Å². The number of hydrogen-bond donors (Lipinski definition) is 2. The van der Waals surface area contributed by atoms with Gasteiger partial charge in [-0.2, -0.15) is 0 Å². The number of aromatic nitrogens is 1. The Morgan fingerprint density at radius 3 is 2.74 bits per heavy atom. The lowest BCUT2D eigenvalue weighted by atomic mass is 10.2. The molecule has 2 rings (SSSR count). The SMILES string of the molecule is O=C(C#CCNC(=O)c1cncc(S)c1)OCc1ccccc1. The van der Waals surface area contributed by atoms with Gasteiger partial charge in [-0.15, -0.1) is 12.6 Å². The van der Waals surface area contributed by atoms with E-state index in [-0.39, 0.29) is 19.1 Å². The Bertz CT molecular complexity index is 751. The summed E-state index contributed by atoms with van der Waals surface area (Å²) in [6.45, 7) is 0.206. The van der Waals surface area contributed by atoms with Crippen molar-refractivity contribution >= 4 is 24.5 Å². The van der Waals surface area contributed by atoms with Crippen LogP contribution < -0.4 is 5.32 Å². The Morgan fingerprint density at radius 2 is 2.00 bits per heavy atom. The fraction of sp³-hybridized carbons (Fsp3) is 0.118. The van der Waals surface area contributed by atoms with Crippen LogP contribution in [0.1, 0.15) is 15.9 Å². The summed E-state index contributed by atoms with van der Waals surface area (Å²) < 4.78 is 4.99. The minimum Gasteiger partial charge on any atom is -0.451 e. The Labute approximate surface area is 139 Å². The van der Waals surface area contributed by atoms with E-state index in [0.29, 0.717) is 10.5 Å². The largest absolute Gasteiger partial charge is 0.451 e. The number of nitrogens with one attached hydrogen (secondary N) is 1. The normalized spacial score (nSPS) is 9.43. The quantitative estimate of drug-likeness (QED) is 0.389. The second kappa shape index (κ2) is 8.61. The molecule has 1 amide bonds. The maximum Gasteiger partial charge on any atom is 0.384 e. The summed E-state index contributed by atoms with van der Waals surface area (Å²) in [5, 5.41) is 2.56. The van der Waals surface area contributed by atoms with Crippen molar-refractivity contribution < 1.29 is 14.3 Å². The molecule has 6 heteroatoms. The molecule has 0 aliphatic heterocycles. The van der Waals surface area contributed by atoms with Crippen LogP contribution in [-0.2, 0) is 16.1 Å². The maximum atomic E-state index is 11.8. The maximum absolute atomic E-state index is 11.8. The molecular weight excluding hydrogens is 312 g/mol. The average molecular weight is 326 g/mol. The van der Waals surface area contributed by atoms with Crippen LogP contribution in [0, 0.1) is 11.8 Å². The first kappa shape index (κ1) is 16.6. The molecule has 0 saturated heterocycles. The number of carbonyl (C=O) groups excluding carboxylic acids is 2. The van der Waals surface area contributed by atoms with Gasteiger partial charge in [-0.3, -0.25) is 9.78 Å². The highest BCUT2D eigenvalue weighted by Crippen LogP contribution is 2.05. The van der Waals surface area contributed by atoms with Crippen molar-refractivity contribution in [3.63, 3.8) is 0 Å². The molecule has 116 valence electrons. The zero-order valence-corrected chi connectivity index (χ0v) is 13.0. The number of pyridine rings is 1. The summed E-state index contributed by atoms with van der Waals surface area (Å²) in [5.41, 5.74) is 1.26. The molecule has 0 atom stereocenters. The highest BCUT2D eigenvalue weighted by atomic mass is 32.1. The highest BCUT2D eigenvalue weighted by molar-refractivity contribution is 7.80. The molecule has 0 fully saturated rings. The lowest BCUT2D eigenvalue weighted by Gasteiger charge is -2.01. The first-order valence-electron chi connectivity index (χ1n) is 6.77. The third-order valence-electron chi connectivity index (χ3n) is 2.73. The molecule has 1 heterocycles. The van der Waals surface area contributed by atoms with Crippen LogP contribution in [0.15, 0.2) is 53.7 Å². The first-order chi connectivity index (χ1) is 11.1. The van der Waals surface area contributed by atoms with Crippen molar-refractivity contribution in [1.82, 2.24) is 10.3 Å². The van der Waals surface area contributed by atoms with Crippen molar-refractivity contribution in [3.8, 4) is 11.8 Å². The third-order valence-corrected chi connectivity index (χ3v) is 2.97. The molecule has 23 heavy (non-hydrogen) atoms. The highest BCUT2D eigenvalue weighted by Gasteiger charge is 2.04. The van der Waals surface area contributed by atoms with E-state index in [1.807, 2.05) is 30.3 Å². The lowest BCUT2D eigenvalue weighted by Crippen LogP contribution is -2.23. The Morgan fingerprint density at radius 1 is 1.22 bits per heavy atom. The minimum atomic E-state index is -0.637. The van der Waals surface area contributed by atoms with Crippen LogP contribution in [0.3, 0.4) is 0 Å². The monoisotopic (exact) mass is 326 g/mol. The molecule has 0 radical (unpaired) electrons. The number of hydrogen-bond acceptors (Lipinski definition) is 5. The van der Waals surface area contributed by atoms with Gasteiger partial charge in [0, 0.05) is 23.2 Å². The predicted molar refractivity (Wildman–Crippen MR) is 87.8 cm³/mol. The summed E-state index contributed by atoms with van der Waals surface area (Å²) in [4.78, 5) is 27.7. The predicted octanol–water partition coefficient (Wildman–Crippen LogP) is 1.85. The third kappa shape index (κ3) is 5.85. The van der Waals surface area contributed by atoms with E-state index in [4.69, 9.17) is 4.74 Å². The van der Waals surface area contributed by atoms with E-state index in [2.05, 4.69) is 34.8 Å². The molecule has 2 aromatic rings. The molecule has 0 aliphatic rings. The van der Waals surface area contributed by atoms with Gasteiger partial charge in [0.1, 0.15) is 6.61 Å². The fourth-order valence-electron chi connectivity index (χ4n) is 1.65. The van der Waals surface area contributed by atoms with Crippen LogP contribution >= 0.6 is 12.6 Å². The van der Waals surface area contributed by atoms with Gasteiger partial charge in [0.25, 0.3) is 5.91 Å². The average Bonchev–Trinajstić information content (AvgIpc) is 2.57. The first-order valence-corrected chi connectivity index (χ1v) is 7.21. The molecule has 0 saturated carbocycles. The van der Waals surface area contributed by atoms with Gasteiger partial charge in [0.05, 0.1) is 12.1 Å². The van der Waals surface area contributed by atoms with Gasteiger partial charge in [-0.05, 0) is 11.6 Å². The van der Waals surface area contributed by atoms with E-state index in [9.17, 15) is 9.59 Å². The van der Waals surface area contributed by atoms with Gasteiger partial charge >= 0.3 is 5.97 Å². The Balaban J connectivity index is 1.75. The van der Waals surface area contributed by atoms with E-state index in [1.165, 1.54) is 12.4 Å². The van der Waals surface area contributed by atoms with E-state index in [1.54, 1.807) is 6.07 Å². The number of amides is 1. The lowest BCUT2D eigenvalue weighted by molar-refractivity contribution is -0.137. The second-order valence-corrected chi connectivity index (χ2v) is 4.99. The van der Waals surface area contributed by atoms with Gasteiger partial charge in [0.15, 0.2) is 0 Å². The van der Waals surface area contributed by atoms with Crippen LogP contribution in [0.25, 0.3) is 0 Å². The molecule has 0 unspecified atom stereocenters. The molecule has 1 N–H and O–H groups in total. The van der Waals surface area contributed by atoms with Crippen molar-refractivity contribution in [1.29, 1.82) is 0 Å². The minimum absolute atomic E-state index is 0.0378. The zero-order chi connectivity index (χ0) is 16.5. The number of nitrogens with zero attached hydrogens (tertiary/aromatic N) is 1.